The summed E-state index contributed by atoms with van der Waals surface area (Å²) in [5, 5.41) is 21.3. The highest BCUT2D eigenvalue weighted by Gasteiger charge is 2.49. The van der Waals surface area contributed by atoms with Gasteiger partial charge >= 0.3 is 0 Å². The Bertz CT molecular complexity index is 272. The van der Waals surface area contributed by atoms with Crippen LogP contribution in [0.3, 0.4) is 0 Å². The van der Waals surface area contributed by atoms with Crippen LogP contribution >= 0.6 is 0 Å². The normalized spacial score (nSPS) is 45.3. The average molecular weight is 254 g/mol. The van der Waals surface area contributed by atoms with Gasteiger partial charge in [0.15, 0.2) is 0 Å². The van der Waals surface area contributed by atoms with Crippen LogP contribution in [0.2, 0.25) is 0 Å². The van der Waals surface area contributed by atoms with Crippen LogP contribution in [0.15, 0.2) is 0 Å². The van der Waals surface area contributed by atoms with E-state index in [1.54, 1.807) is 0 Å². The summed E-state index contributed by atoms with van der Waals surface area (Å²) in [6.07, 6.45) is 4.08. The molecule has 0 amide bonds. The predicted molar refractivity (Wildman–Crippen MR) is 74.1 cm³/mol. The molecule has 0 aromatic heterocycles. The number of aliphatic hydroxyl groups is 2. The van der Waals surface area contributed by atoms with Gasteiger partial charge in [-0.3, -0.25) is 0 Å². The lowest BCUT2D eigenvalue weighted by Crippen LogP contribution is -2.39. The summed E-state index contributed by atoms with van der Waals surface area (Å²) in [6.45, 7) is 8.81. The minimum Gasteiger partial charge on any atom is -0.392 e. The van der Waals surface area contributed by atoms with Crippen molar-refractivity contribution in [2.45, 2.75) is 65.6 Å². The van der Waals surface area contributed by atoms with Gasteiger partial charge in [-0.2, -0.15) is 0 Å². The Kier molecular flexibility index (Phi) is 4.38. The van der Waals surface area contributed by atoms with Gasteiger partial charge in [-0.05, 0) is 48.9 Å². The number of hydrogen-bond donors (Lipinski definition) is 2. The molecule has 2 heteroatoms. The Labute approximate surface area is 112 Å². The van der Waals surface area contributed by atoms with E-state index in [9.17, 15) is 10.2 Å². The minimum absolute atomic E-state index is 0.132. The first-order valence-electron chi connectivity index (χ1n) is 7.79. The molecule has 18 heavy (non-hydrogen) atoms. The zero-order valence-electron chi connectivity index (χ0n) is 12.3. The first-order valence-corrected chi connectivity index (χ1v) is 7.79. The first kappa shape index (κ1) is 14.3. The largest absolute Gasteiger partial charge is 0.392 e. The van der Waals surface area contributed by atoms with Crippen LogP contribution in [0.5, 0.6) is 0 Å². The van der Waals surface area contributed by atoms with Crippen molar-refractivity contribution in [2.75, 3.05) is 0 Å². The van der Waals surface area contributed by atoms with E-state index in [0.29, 0.717) is 29.6 Å². The van der Waals surface area contributed by atoms with E-state index in [2.05, 4.69) is 27.7 Å². The van der Waals surface area contributed by atoms with Crippen LogP contribution in [0.1, 0.15) is 53.4 Å². The molecule has 2 aliphatic carbocycles. The van der Waals surface area contributed by atoms with Gasteiger partial charge in [0.1, 0.15) is 0 Å². The lowest BCUT2D eigenvalue weighted by atomic mass is 9.79. The lowest BCUT2D eigenvalue weighted by molar-refractivity contribution is -0.0388. The van der Waals surface area contributed by atoms with Gasteiger partial charge in [-0.1, -0.05) is 34.1 Å². The van der Waals surface area contributed by atoms with E-state index < -0.39 is 0 Å². The van der Waals surface area contributed by atoms with Crippen molar-refractivity contribution in [1.82, 2.24) is 0 Å². The molecule has 106 valence electrons. The Morgan fingerprint density at radius 3 is 1.94 bits per heavy atom. The summed E-state index contributed by atoms with van der Waals surface area (Å²) in [5.41, 5.74) is 0. The summed E-state index contributed by atoms with van der Waals surface area (Å²) in [5.74, 6) is 2.49. The van der Waals surface area contributed by atoms with E-state index in [1.165, 1.54) is 12.8 Å². The minimum atomic E-state index is -0.295. The first-order chi connectivity index (χ1) is 8.43. The van der Waals surface area contributed by atoms with Crippen molar-refractivity contribution >= 4 is 0 Å². The Balaban J connectivity index is 2.18. The van der Waals surface area contributed by atoms with Crippen molar-refractivity contribution < 1.29 is 10.2 Å². The Morgan fingerprint density at radius 1 is 0.833 bits per heavy atom. The van der Waals surface area contributed by atoms with Crippen molar-refractivity contribution in [1.29, 1.82) is 0 Å². The van der Waals surface area contributed by atoms with Gasteiger partial charge in [-0.25, -0.2) is 0 Å². The summed E-state index contributed by atoms with van der Waals surface area (Å²) in [7, 11) is 0. The zero-order valence-corrected chi connectivity index (χ0v) is 12.3. The second kappa shape index (κ2) is 5.50. The van der Waals surface area contributed by atoms with Crippen LogP contribution < -0.4 is 0 Å². The molecule has 2 fully saturated rings. The van der Waals surface area contributed by atoms with E-state index in [4.69, 9.17) is 0 Å². The smallest absolute Gasteiger partial charge is 0.0626 e. The van der Waals surface area contributed by atoms with Gasteiger partial charge in [-0.15, -0.1) is 0 Å². The monoisotopic (exact) mass is 254 g/mol. The van der Waals surface area contributed by atoms with Crippen molar-refractivity contribution in [3.63, 3.8) is 0 Å². The van der Waals surface area contributed by atoms with Gasteiger partial charge in [0.05, 0.1) is 12.2 Å². The highest BCUT2D eigenvalue weighted by atomic mass is 16.3. The van der Waals surface area contributed by atoms with Gasteiger partial charge in [0, 0.05) is 5.92 Å². The number of aliphatic hydroxyl groups excluding tert-OH is 2. The molecule has 0 aromatic carbocycles. The molecule has 0 spiro atoms. The number of fused-ring (bicyclic) bond motifs is 1. The van der Waals surface area contributed by atoms with Crippen LogP contribution in [-0.2, 0) is 0 Å². The highest BCUT2D eigenvalue weighted by molar-refractivity contribution is 4.98. The number of hydrogen-bond acceptors (Lipinski definition) is 2. The molecule has 0 aromatic rings. The Hall–Kier alpha value is -0.0800. The second-order valence-corrected chi connectivity index (χ2v) is 7.30. The van der Waals surface area contributed by atoms with Crippen molar-refractivity contribution in [3.8, 4) is 0 Å². The molecular formula is C16H30O2. The van der Waals surface area contributed by atoms with Crippen LogP contribution in [-0.4, -0.2) is 22.4 Å². The summed E-state index contributed by atoms with van der Waals surface area (Å²) in [4.78, 5) is 0. The fourth-order valence-corrected chi connectivity index (χ4v) is 4.47. The molecule has 6 atom stereocenters. The third-order valence-corrected chi connectivity index (χ3v) is 5.61. The lowest BCUT2D eigenvalue weighted by Gasteiger charge is -2.33. The van der Waals surface area contributed by atoms with Crippen LogP contribution in [0.25, 0.3) is 0 Å². The standard InChI is InChI=1S/C16H30O2/c1-9(2)12-7-5-6-11-8-13(10(3)4)16(18)14(11)15(12)17/h9-18H,5-8H2,1-4H3/t11?,12?,13-,14?,15?,16?/m1/s1. The maximum absolute atomic E-state index is 10.7. The van der Waals surface area contributed by atoms with Gasteiger partial charge < -0.3 is 10.2 Å². The molecule has 0 radical (unpaired) electrons. The van der Waals surface area contributed by atoms with Crippen LogP contribution in [0, 0.1) is 35.5 Å². The predicted octanol–water partition coefficient (Wildman–Crippen LogP) is 3.07. The topological polar surface area (TPSA) is 40.5 Å². The maximum Gasteiger partial charge on any atom is 0.0626 e. The SMILES string of the molecule is CC(C)C1CCCC2C[C@H](C(C)C)C(O)C2C1O. The fourth-order valence-electron chi connectivity index (χ4n) is 4.47. The third-order valence-electron chi connectivity index (χ3n) is 5.61. The molecule has 0 bridgehead atoms. The summed E-state index contributed by atoms with van der Waals surface area (Å²) in [6, 6.07) is 0. The van der Waals surface area contributed by atoms with E-state index >= 15 is 0 Å². The molecule has 2 rings (SSSR count). The molecular weight excluding hydrogens is 224 g/mol. The molecule has 2 N–H and O–H groups in total. The quantitative estimate of drug-likeness (QED) is 0.795. The Morgan fingerprint density at radius 2 is 1.39 bits per heavy atom. The van der Waals surface area contributed by atoms with Crippen molar-refractivity contribution in [2.24, 2.45) is 35.5 Å². The van der Waals surface area contributed by atoms with E-state index in [0.717, 1.165) is 12.8 Å². The zero-order chi connectivity index (χ0) is 13.4. The van der Waals surface area contributed by atoms with E-state index in [-0.39, 0.29) is 18.1 Å². The molecule has 0 heterocycles. The highest BCUT2D eigenvalue weighted by Crippen LogP contribution is 2.49. The summed E-state index contributed by atoms with van der Waals surface area (Å²) < 4.78 is 0. The fraction of sp³-hybridized carbons (Fsp3) is 1.00. The van der Waals surface area contributed by atoms with Crippen LogP contribution in [0.4, 0.5) is 0 Å². The third kappa shape index (κ3) is 2.46. The van der Waals surface area contributed by atoms with Gasteiger partial charge in [0.25, 0.3) is 0 Å². The molecule has 0 aliphatic heterocycles. The maximum atomic E-state index is 10.7. The average Bonchev–Trinajstić information content (AvgIpc) is 2.50. The number of rotatable bonds is 2. The summed E-state index contributed by atoms with van der Waals surface area (Å²) >= 11 is 0. The van der Waals surface area contributed by atoms with Crippen molar-refractivity contribution in [3.05, 3.63) is 0 Å². The molecule has 2 aliphatic rings. The molecule has 0 saturated heterocycles. The van der Waals surface area contributed by atoms with Gasteiger partial charge in [0.2, 0.25) is 0 Å². The molecule has 2 saturated carbocycles. The molecule has 2 nitrogen and oxygen atoms in total. The van der Waals surface area contributed by atoms with E-state index in [1.807, 2.05) is 0 Å². The second-order valence-electron chi connectivity index (χ2n) is 7.30. The molecule has 5 unspecified atom stereocenters.